The van der Waals surface area contributed by atoms with E-state index in [-0.39, 0.29) is 11.9 Å². The zero-order valence-electron chi connectivity index (χ0n) is 8.19. The maximum absolute atomic E-state index is 11.4. The number of nitrogens with one attached hydrogen (secondary N) is 1. The smallest absolute Gasteiger partial charge is 0.316 e. The van der Waals surface area contributed by atoms with Crippen LogP contribution < -0.4 is 5.32 Å². The Labute approximate surface area is 92.7 Å². The van der Waals surface area contributed by atoms with Gasteiger partial charge in [0.25, 0.3) is 0 Å². The zero-order valence-corrected chi connectivity index (χ0v) is 9.00. The lowest BCUT2D eigenvalue weighted by molar-refractivity contribution is -0.144. The molecule has 1 aliphatic heterocycles. The van der Waals surface area contributed by atoms with E-state index in [1.165, 1.54) is 0 Å². The number of nitrogens with zero attached hydrogens (tertiary/aromatic N) is 1. The third kappa shape index (κ3) is 1.97. The topological polar surface area (TPSA) is 50.7 Å². The Balaban J connectivity index is 2.16. The van der Waals surface area contributed by atoms with Gasteiger partial charge in [-0.25, -0.2) is 4.99 Å². The van der Waals surface area contributed by atoms with Gasteiger partial charge in [-0.3, -0.25) is 4.79 Å². The van der Waals surface area contributed by atoms with Gasteiger partial charge in [-0.15, -0.1) is 0 Å². The van der Waals surface area contributed by atoms with Gasteiger partial charge in [-0.2, -0.15) is 0 Å². The van der Waals surface area contributed by atoms with E-state index in [4.69, 9.17) is 17.0 Å². The molecule has 78 valence electrons. The molecule has 1 N–H and O–H groups in total. The Morgan fingerprint density at radius 1 is 1.73 bits per heavy atom. The van der Waals surface area contributed by atoms with Crippen molar-refractivity contribution in [1.29, 1.82) is 0 Å². The summed E-state index contributed by atoms with van der Waals surface area (Å²) in [7, 11) is 0. The van der Waals surface area contributed by atoms with Crippen molar-refractivity contribution in [2.45, 2.75) is 6.92 Å². The minimum absolute atomic E-state index is 0.250. The van der Waals surface area contributed by atoms with Crippen LogP contribution in [0.2, 0.25) is 0 Å². The molecule has 1 aliphatic carbocycles. The second-order valence-corrected chi connectivity index (χ2v) is 3.53. The van der Waals surface area contributed by atoms with Crippen LogP contribution in [0.15, 0.2) is 28.9 Å². The summed E-state index contributed by atoms with van der Waals surface area (Å²) in [6.07, 6.45) is 5.31. The Bertz CT molecular complexity index is 410. The lowest BCUT2D eigenvalue weighted by Gasteiger charge is -2.12. The second-order valence-electron chi connectivity index (χ2n) is 3.14. The number of aliphatic imine (C=N–C) groups is 1. The largest absolute Gasteiger partial charge is 0.465 e. The molecule has 1 heterocycles. The lowest BCUT2D eigenvalue weighted by Crippen LogP contribution is -2.22. The summed E-state index contributed by atoms with van der Waals surface area (Å²) in [5, 5.41) is 3.35. The second kappa shape index (κ2) is 3.94. The maximum Gasteiger partial charge on any atom is 0.316 e. The van der Waals surface area contributed by atoms with E-state index in [1.54, 1.807) is 25.2 Å². The van der Waals surface area contributed by atoms with Crippen molar-refractivity contribution in [3.05, 3.63) is 23.9 Å². The fourth-order valence-electron chi connectivity index (χ4n) is 1.45. The van der Waals surface area contributed by atoms with E-state index in [2.05, 4.69) is 10.3 Å². The Kier molecular flexibility index (Phi) is 2.64. The van der Waals surface area contributed by atoms with Gasteiger partial charge >= 0.3 is 5.97 Å². The first kappa shape index (κ1) is 10.0. The van der Waals surface area contributed by atoms with Gasteiger partial charge in [0.1, 0.15) is 0 Å². The lowest BCUT2D eigenvalue weighted by atomic mass is 10.0. The van der Waals surface area contributed by atoms with Gasteiger partial charge in [0, 0.05) is 0 Å². The molecule has 0 bridgehead atoms. The molecule has 2 aliphatic rings. The van der Waals surface area contributed by atoms with Crippen molar-refractivity contribution >= 4 is 29.0 Å². The van der Waals surface area contributed by atoms with Gasteiger partial charge < -0.3 is 10.1 Å². The summed E-state index contributed by atoms with van der Waals surface area (Å²) in [6.45, 7) is 2.17. The van der Waals surface area contributed by atoms with Crippen LogP contribution in [-0.4, -0.2) is 23.4 Å². The van der Waals surface area contributed by atoms with Gasteiger partial charge in [-0.05, 0) is 31.3 Å². The molecule has 0 amide bonds. The van der Waals surface area contributed by atoms with Gasteiger partial charge in [0.2, 0.25) is 0 Å². The molecule has 0 aromatic rings. The number of carbonyl (C=O) groups excluding carboxylic acids is 1. The molecule has 15 heavy (non-hydrogen) atoms. The summed E-state index contributed by atoms with van der Waals surface area (Å²) in [4.78, 5) is 15.5. The molecule has 0 aromatic heterocycles. The summed E-state index contributed by atoms with van der Waals surface area (Å²) in [5.74, 6) is -0.591. The fraction of sp³-hybridized carbons (Fsp3) is 0.300. The number of allylic oxidation sites excluding steroid dienone is 1. The minimum Gasteiger partial charge on any atom is -0.465 e. The minimum atomic E-state index is -0.340. The highest BCUT2D eigenvalue weighted by molar-refractivity contribution is 7.80. The highest BCUT2D eigenvalue weighted by Crippen LogP contribution is 2.17. The van der Waals surface area contributed by atoms with Crippen LogP contribution in [0.25, 0.3) is 0 Å². The van der Waals surface area contributed by atoms with Crippen molar-refractivity contribution in [1.82, 2.24) is 5.32 Å². The number of fused-ring (bicyclic) bond motifs is 1. The summed E-state index contributed by atoms with van der Waals surface area (Å²) in [6, 6.07) is 0. The van der Waals surface area contributed by atoms with Crippen LogP contribution in [0.3, 0.4) is 0 Å². The quantitative estimate of drug-likeness (QED) is 0.558. The molecule has 0 fully saturated rings. The molecule has 0 aromatic carbocycles. The molecule has 0 spiro atoms. The average Bonchev–Trinajstić information content (AvgIpc) is 2.57. The average molecular weight is 222 g/mol. The van der Waals surface area contributed by atoms with Crippen LogP contribution in [0.1, 0.15) is 6.92 Å². The Morgan fingerprint density at radius 3 is 3.27 bits per heavy atom. The first-order valence-corrected chi connectivity index (χ1v) is 5.08. The number of hydrogen-bond acceptors (Lipinski definition) is 3. The van der Waals surface area contributed by atoms with Gasteiger partial charge in [-0.1, -0.05) is 6.08 Å². The van der Waals surface area contributed by atoms with Crippen molar-refractivity contribution in [2.24, 2.45) is 10.9 Å². The standard InChI is InChI=1S/C10H10N2O2S/c1-2-14-9(13)6-3-4-7-8(5-6)12-10(15)11-7/h3-6H,2H2,1H3,(H,12,15). The zero-order chi connectivity index (χ0) is 10.8. The van der Waals surface area contributed by atoms with Gasteiger partial charge in [0.15, 0.2) is 5.11 Å². The summed E-state index contributed by atoms with van der Waals surface area (Å²) < 4.78 is 4.92. The molecule has 2 rings (SSSR count). The monoisotopic (exact) mass is 222 g/mol. The summed E-state index contributed by atoms with van der Waals surface area (Å²) >= 11 is 4.90. The molecule has 1 atom stereocenters. The number of thiocarbonyl (C=S) groups is 1. The predicted molar refractivity (Wildman–Crippen MR) is 60.5 cm³/mol. The van der Waals surface area contributed by atoms with Gasteiger partial charge in [0.05, 0.1) is 23.9 Å². The van der Waals surface area contributed by atoms with E-state index in [0.29, 0.717) is 11.7 Å². The van der Waals surface area contributed by atoms with Crippen molar-refractivity contribution in [2.75, 3.05) is 6.61 Å². The Morgan fingerprint density at radius 2 is 2.53 bits per heavy atom. The number of ether oxygens (including phenoxy) is 1. The third-order valence-corrected chi connectivity index (χ3v) is 2.30. The van der Waals surface area contributed by atoms with Crippen molar-refractivity contribution in [3.8, 4) is 0 Å². The molecule has 0 radical (unpaired) electrons. The van der Waals surface area contributed by atoms with Crippen LogP contribution >= 0.6 is 12.2 Å². The van der Waals surface area contributed by atoms with E-state index in [9.17, 15) is 4.79 Å². The normalized spacial score (nSPS) is 22.7. The molecule has 0 saturated carbocycles. The molecular formula is C10H10N2O2S. The maximum atomic E-state index is 11.4. The number of rotatable bonds is 2. The number of carbonyl (C=O) groups is 1. The predicted octanol–water partition coefficient (Wildman–Crippen LogP) is 0.949. The van der Waals surface area contributed by atoms with Crippen LogP contribution in [-0.2, 0) is 9.53 Å². The number of esters is 1. The van der Waals surface area contributed by atoms with E-state index < -0.39 is 0 Å². The van der Waals surface area contributed by atoms with E-state index in [1.807, 2.05) is 0 Å². The van der Waals surface area contributed by atoms with Crippen LogP contribution in [0, 0.1) is 5.92 Å². The number of hydrogen-bond donors (Lipinski definition) is 1. The molecule has 5 heteroatoms. The first-order valence-electron chi connectivity index (χ1n) is 4.67. The highest BCUT2D eigenvalue weighted by Gasteiger charge is 2.24. The molecular weight excluding hydrogens is 212 g/mol. The fourth-order valence-corrected chi connectivity index (χ4v) is 1.65. The third-order valence-electron chi connectivity index (χ3n) is 2.11. The molecule has 0 saturated heterocycles. The summed E-state index contributed by atoms with van der Waals surface area (Å²) in [5.41, 5.74) is 1.57. The first-order chi connectivity index (χ1) is 7.20. The van der Waals surface area contributed by atoms with Crippen LogP contribution in [0.5, 0.6) is 0 Å². The van der Waals surface area contributed by atoms with Crippen molar-refractivity contribution in [3.63, 3.8) is 0 Å². The van der Waals surface area contributed by atoms with Crippen LogP contribution in [0.4, 0.5) is 0 Å². The van der Waals surface area contributed by atoms with E-state index >= 15 is 0 Å². The Hall–Kier alpha value is -1.49. The molecule has 1 unspecified atom stereocenters. The van der Waals surface area contributed by atoms with Crippen molar-refractivity contribution < 1.29 is 9.53 Å². The molecule has 4 nitrogen and oxygen atoms in total. The SMILES string of the molecule is CCOC(=O)C1C=CC2=NC(=S)NC2=C1. The van der Waals surface area contributed by atoms with E-state index in [0.717, 1.165) is 11.4 Å². The highest BCUT2D eigenvalue weighted by atomic mass is 32.1.